The van der Waals surface area contributed by atoms with Crippen LogP contribution in [0, 0.1) is 0 Å². The van der Waals surface area contributed by atoms with Crippen LogP contribution in [0.25, 0.3) is 0 Å². The Labute approximate surface area is 99.6 Å². The van der Waals surface area contributed by atoms with Crippen LogP contribution in [-0.4, -0.2) is 0 Å². The fraction of sp³-hybridized carbons (Fsp3) is 0.0769. The summed E-state index contributed by atoms with van der Waals surface area (Å²) in [6.45, 7) is 0. The van der Waals surface area contributed by atoms with E-state index in [0.717, 1.165) is 5.56 Å². The minimum absolute atomic E-state index is 0.642. The lowest BCUT2D eigenvalue weighted by Gasteiger charge is -2.23. The van der Waals surface area contributed by atoms with Crippen molar-refractivity contribution in [2.45, 2.75) is 5.18 Å². The number of nitrogens with two attached hydrogens (primary N) is 1. The summed E-state index contributed by atoms with van der Waals surface area (Å²) in [5.74, 6) is 0.642. The number of benzene rings is 2. The van der Waals surface area contributed by atoms with E-state index in [-0.39, 0.29) is 0 Å². The summed E-state index contributed by atoms with van der Waals surface area (Å²) < 4.78 is 5.53. The van der Waals surface area contributed by atoms with Gasteiger partial charge in [0.25, 0.3) is 5.18 Å². The van der Waals surface area contributed by atoms with Gasteiger partial charge in [-0.1, -0.05) is 60.1 Å². The number of ether oxygens (including phenoxy) is 1. The van der Waals surface area contributed by atoms with Gasteiger partial charge in [-0.15, -0.1) is 0 Å². The van der Waals surface area contributed by atoms with E-state index in [0.29, 0.717) is 5.75 Å². The molecule has 2 aromatic rings. The van der Waals surface area contributed by atoms with Gasteiger partial charge in [-0.2, -0.15) is 0 Å². The van der Waals surface area contributed by atoms with Crippen LogP contribution < -0.4 is 10.5 Å². The number of hydrogen-bond donors (Lipinski definition) is 1. The van der Waals surface area contributed by atoms with E-state index in [9.17, 15) is 0 Å². The van der Waals surface area contributed by atoms with Gasteiger partial charge in [0.05, 0.1) is 0 Å². The molecule has 0 spiro atoms. The maximum absolute atomic E-state index is 6.15. The molecule has 0 bridgehead atoms. The fourth-order valence-corrected chi connectivity index (χ4v) is 1.60. The second-order valence-corrected chi connectivity index (χ2v) is 3.99. The number of para-hydroxylation sites is 1. The molecular weight excluding hydrogens is 222 g/mol. The van der Waals surface area contributed by atoms with Crippen molar-refractivity contribution in [1.29, 1.82) is 0 Å². The first-order chi connectivity index (χ1) is 7.68. The van der Waals surface area contributed by atoms with E-state index in [1.165, 1.54) is 0 Å². The normalized spacial score (nSPS) is 14.1. The lowest BCUT2D eigenvalue weighted by Crippen LogP contribution is -2.36. The third kappa shape index (κ3) is 2.54. The Morgan fingerprint density at radius 2 is 1.38 bits per heavy atom. The van der Waals surface area contributed by atoms with Crippen LogP contribution in [0.5, 0.6) is 5.75 Å². The summed E-state index contributed by atoms with van der Waals surface area (Å²) in [5, 5.41) is -1.33. The zero-order valence-corrected chi connectivity index (χ0v) is 9.39. The summed E-state index contributed by atoms with van der Waals surface area (Å²) in [4.78, 5) is 0. The van der Waals surface area contributed by atoms with Gasteiger partial charge in [-0.05, 0) is 12.1 Å². The van der Waals surface area contributed by atoms with Crippen molar-refractivity contribution in [1.82, 2.24) is 0 Å². The lowest BCUT2D eigenvalue weighted by molar-refractivity contribution is 0.166. The molecule has 0 radical (unpaired) electrons. The number of rotatable bonds is 3. The van der Waals surface area contributed by atoms with Crippen molar-refractivity contribution < 1.29 is 4.74 Å². The molecule has 0 amide bonds. The van der Waals surface area contributed by atoms with Gasteiger partial charge in [-0.3, -0.25) is 5.73 Å². The largest absolute Gasteiger partial charge is 0.455 e. The van der Waals surface area contributed by atoms with Crippen LogP contribution in [0.3, 0.4) is 0 Å². The van der Waals surface area contributed by atoms with Crippen LogP contribution in [0.15, 0.2) is 60.7 Å². The molecule has 0 aliphatic heterocycles. The van der Waals surface area contributed by atoms with Gasteiger partial charge in [0, 0.05) is 5.56 Å². The molecule has 16 heavy (non-hydrogen) atoms. The highest BCUT2D eigenvalue weighted by Crippen LogP contribution is 2.26. The lowest BCUT2D eigenvalue weighted by atomic mass is 10.2. The Morgan fingerprint density at radius 3 is 1.94 bits per heavy atom. The maximum Gasteiger partial charge on any atom is 0.262 e. The molecule has 0 saturated heterocycles. The zero-order valence-electron chi connectivity index (χ0n) is 8.64. The van der Waals surface area contributed by atoms with Crippen LogP contribution in [-0.2, 0) is 5.18 Å². The van der Waals surface area contributed by atoms with E-state index < -0.39 is 5.18 Å². The van der Waals surface area contributed by atoms with Crippen molar-refractivity contribution in [2.24, 2.45) is 5.73 Å². The molecule has 2 aromatic carbocycles. The third-order valence-corrected chi connectivity index (χ3v) is 2.47. The maximum atomic E-state index is 6.15. The summed E-state index contributed by atoms with van der Waals surface area (Å²) in [6, 6.07) is 18.6. The molecular formula is C13H12ClNO. The molecule has 1 unspecified atom stereocenters. The van der Waals surface area contributed by atoms with Gasteiger partial charge in [0.15, 0.2) is 0 Å². The molecule has 2 N–H and O–H groups in total. The van der Waals surface area contributed by atoms with Gasteiger partial charge >= 0.3 is 0 Å². The molecule has 0 heterocycles. The van der Waals surface area contributed by atoms with Crippen LogP contribution in [0.1, 0.15) is 5.56 Å². The molecule has 82 valence electrons. The van der Waals surface area contributed by atoms with E-state index in [1.807, 2.05) is 60.7 Å². The Hall–Kier alpha value is -1.51. The topological polar surface area (TPSA) is 35.2 Å². The van der Waals surface area contributed by atoms with Crippen LogP contribution in [0.2, 0.25) is 0 Å². The molecule has 2 nitrogen and oxygen atoms in total. The molecule has 0 aliphatic carbocycles. The minimum Gasteiger partial charge on any atom is -0.455 e. The van der Waals surface area contributed by atoms with Gasteiger partial charge in [-0.25, -0.2) is 0 Å². The average Bonchev–Trinajstić information content (AvgIpc) is 2.31. The average molecular weight is 234 g/mol. The predicted octanol–water partition coefficient (Wildman–Crippen LogP) is 3.07. The van der Waals surface area contributed by atoms with E-state index in [4.69, 9.17) is 22.1 Å². The quantitative estimate of drug-likeness (QED) is 0.502. The van der Waals surface area contributed by atoms with Crippen molar-refractivity contribution >= 4 is 11.6 Å². The highest BCUT2D eigenvalue weighted by atomic mass is 35.5. The van der Waals surface area contributed by atoms with E-state index in [2.05, 4.69) is 0 Å². The molecule has 1 atom stereocenters. The van der Waals surface area contributed by atoms with Crippen LogP contribution in [0.4, 0.5) is 0 Å². The molecule has 2 rings (SSSR count). The van der Waals surface area contributed by atoms with Crippen molar-refractivity contribution in [3.63, 3.8) is 0 Å². The Kier molecular flexibility index (Phi) is 3.13. The van der Waals surface area contributed by atoms with Gasteiger partial charge < -0.3 is 4.74 Å². The van der Waals surface area contributed by atoms with E-state index >= 15 is 0 Å². The molecule has 0 aromatic heterocycles. The molecule has 3 heteroatoms. The number of alkyl halides is 1. The third-order valence-electron chi connectivity index (χ3n) is 2.18. The first-order valence-electron chi connectivity index (χ1n) is 4.96. The monoisotopic (exact) mass is 233 g/mol. The Morgan fingerprint density at radius 1 is 0.875 bits per heavy atom. The minimum atomic E-state index is -1.33. The van der Waals surface area contributed by atoms with Gasteiger partial charge in [0.1, 0.15) is 5.75 Å². The predicted molar refractivity (Wildman–Crippen MR) is 65.2 cm³/mol. The molecule has 0 fully saturated rings. The smallest absolute Gasteiger partial charge is 0.262 e. The fourth-order valence-electron chi connectivity index (χ4n) is 1.38. The Balaban J connectivity index is 2.21. The van der Waals surface area contributed by atoms with Crippen molar-refractivity contribution in [3.05, 3.63) is 66.2 Å². The highest BCUT2D eigenvalue weighted by Gasteiger charge is 2.25. The second-order valence-electron chi connectivity index (χ2n) is 3.43. The summed E-state index contributed by atoms with van der Waals surface area (Å²) >= 11 is 6.15. The van der Waals surface area contributed by atoms with Gasteiger partial charge in [0.2, 0.25) is 0 Å². The Bertz CT molecular complexity index is 442. The SMILES string of the molecule is NC(Cl)(Oc1ccccc1)c1ccccc1. The molecule has 0 aliphatic rings. The number of hydrogen-bond acceptors (Lipinski definition) is 2. The summed E-state index contributed by atoms with van der Waals surface area (Å²) in [6.07, 6.45) is 0. The summed E-state index contributed by atoms with van der Waals surface area (Å²) in [5.41, 5.74) is 6.64. The highest BCUT2D eigenvalue weighted by molar-refractivity contribution is 6.22. The molecule has 0 saturated carbocycles. The number of halogens is 1. The first kappa shape index (κ1) is 11.0. The second kappa shape index (κ2) is 4.56. The standard InChI is InChI=1S/C13H12ClNO/c14-13(15,11-7-3-1-4-8-11)16-12-9-5-2-6-10-12/h1-10H,15H2. The first-order valence-corrected chi connectivity index (χ1v) is 5.34. The zero-order chi connectivity index (χ0) is 11.4. The van der Waals surface area contributed by atoms with Crippen molar-refractivity contribution in [3.8, 4) is 5.75 Å². The van der Waals surface area contributed by atoms with Crippen LogP contribution >= 0.6 is 11.6 Å². The van der Waals surface area contributed by atoms with Crippen molar-refractivity contribution in [2.75, 3.05) is 0 Å². The summed E-state index contributed by atoms with van der Waals surface area (Å²) in [7, 11) is 0. The van der Waals surface area contributed by atoms with E-state index in [1.54, 1.807) is 0 Å².